The lowest BCUT2D eigenvalue weighted by atomic mass is 9.64. The highest BCUT2D eigenvalue weighted by atomic mass is 16.4. The second-order valence-electron chi connectivity index (χ2n) is 9.73. The summed E-state index contributed by atoms with van der Waals surface area (Å²) < 4.78 is 5.74. The van der Waals surface area contributed by atoms with Gasteiger partial charge in [0.1, 0.15) is 5.76 Å². The minimum atomic E-state index is 0.494. The Bertz CT molecular complexity index is 649. The van der Waals surface area contributed by atoms with E-state index < -0.39 is 0 Å². The molecular weight excluding hydrogens is 362 g/mol. The number of oxazole rings is 1. The van der Waals surface area contributed by atoms with Gasteiger partial charge >= 0.3 is 0 Å². The molecule has 1 aliphatic heterocycles. The smallest absolute Gasteiger partial charge is 0.208 e. The Labute approximate surface area is 176 Å². The molecule has 2 fully saturated rings. The van der Waals surface area contributed by atoms with Gasteiger partial charge in [0.25, 0.3) is 0 Å². The van der Waals surface area contributed by atoms with Crippen molar-refractivity contribution in [2.24, 2.45) is 22.2 Å². The number of hydrogen-bond donors (Lipinski definition) is 2. The molecule has 0 atom stereocenters. The lowest BCUT2D eigenvalue weighted by Gasteiger charge is -2.43. The summed E-state index contributed by atoms with van der Waals surface area (Å²) in [7, 11) is 1.88. The molecule has 1 saturated carbocycles. The third-order valence-electron chi connectivity index (χ3n) is 6.81. The molecule has 0 radical (unpaired) electrons. The minimum absolute atomic E-state index is 0.494. The predicted molar refractivity (Wildman–Crippen MR) is 119 cm³/mol. The zero-order valence-corrected chi connectivity index (χ0v) is 19.2. The van der Waals surface area contributed by atoms with Crippen LogP contribution in [0.4, 0.5) is 0 Å². The number of piperidine rings is 1. The van der Waals surface area contributed by atoms with Gasteiger partial charge in [0.05, 0.1) is 12.2 Å². The number of aromatic nitrogens is 1. The predicted octanol–water partition coefficient (Wildman–Crippen LogP) is 3.88. The summed E-state index contributed by atoms with van der Waals surface area (Å²) in [6.45, 7) is 13.8. The van der Waals surface area contributed by atoms with Crippen molar-refractivity contribution in [3.8, 4) is 0 Å². The molecule has 0 amide bonds. The third-order valence-corrected chi connectivity index (χ3v) is 6.81. The van der Waals surface area contributed by atoms with Crippen LogP contribution in [0.5, 0.6) is 0 Å². The first-order valence-corrected chi connectivity index (χ1v) is 11.5. The molecule has 1 saturated heterocycles. The average Bonchev–Trinajstić information content (AvgIpc) is 2.97. The molecule has 0 aromatic carbocycles. The second-order valence-corrected chi connectivity index (χ2v) is 9.73. The zero-order chi connectivity index (χ0) is 20.9. The number of guanidine groups is 1. The quantitative estimate of drug-likeness (QED) is 0.509. The highest BCUT2D eigenvalue weighted by Gasteiger charge is 2.37. The molecule has 1 aromatic rings. The fourth-order valence-corrected chi connectivity index (χ4v) is 4.88. The molecule has 0 spiro atoms. The second kappa shape index (κ2) is 9.96. The summed E-state index contributed by atoms with van der Waals surface area (Å²) in [5, 5.41) is 7.19. The number of nitrogens with zero attached hydrogens (tertiary/aromatic N) is 3. The van der Waals surface area contributed by atoms with Crippen molar-refractivity contribution in [2.45, 2.75) is 72.8 Å². The van der Waals surface area contributed by atoms with E-state index in [9.17, 15) is 0 Å². The van der Waals surface area contributed by atoms with E-state index in [4.69, 9.17) is 4.42 Å². The first kappa shape index (κ1) is 22.1. The van der Waals surface area contributed by atoms with E-state index in [0.29, 0.717) is 11.3 Å². The molecule has 2 N–H and O–H groups in total. The van der Waals surface area contributed by atoms with Gasteiger partial charge in [-0.15, -0.1) is 0 Å². The van der Waals surface area contributed by atoms with Crippen LogP contribution in [0.25, 0.3) is 0 Å². The van der Waals surface area contributed by atoms with E-state index in [0.717, 1.165) is 61.9 Å². The molecule has 1 aromatic heterocycles. The van der Waals surface area contributed by atoms with Gasteiger partial charge in [-0.2, -0.15) is 0 Å². The Kier molecular flexibility index (Phi) is 7.60. The molecule has 6 nitrogen and oxygen atoms in total. The maximum Gasteiger partial charge on any atom is 0.208 e. The van der Waals surface area contributed by atoms with Crippen molar-refractivity contribution in [3.05, 3.63) is 17.3 Å². The Morgan fingerprint density at radius 1 is 1.24 bits per heavy atom. The monoisotopic (exact) mass is 403 g/mol. The molecule has 3 rings (SSSR count). The minimum Gasteiger partial charge on any atom is -0.444 e. The standard InChI is InChI=1S/C23H41N5O/c1-17(2)13-23(9-6-10-23)16-26-22(24-5)25-14-20-7-11-28(12-8-20)15-21-27-18(3)19(4)29-21/h17,20H,6-16H2,1-5H3,(H2,24,25,26). The van der Waals surface area contributed by atoms with Gasteiger partial charge in [-0.1, -0.05) is 20.3 Å². The van der Waals surface area contributed by atoms with Gasteiger partial charge in [0, 0.05) is 20.1 Å². The lowest BCUT2D eigenvalue weighted by molar-refractivity contribution is 0.104. The van der Waals surface area contributed by atoms with Crippen LogP contribution in [-0.2, 0) is 6.54 Å². The lowest BCUT2D eigenvalue weighted by Crippen LogP contribution is -2.48. The fourth-order valence-electron chi connectivity index (χ4n) is 4.88. The highest BCUT2D eigenvalue weighted by Crippen LogP contribution is 2.45. The van der Waals surface area contributed by atoms with Gasteiger partial charge < -0.3 is 15.1 Å². The average molecular weight is 404 g/mol. The largest absolute Gasteiger partial charge is 0.444 e. The number of rotatable bonds is 8. The summed E-state index contributed by atoms with van der Waals surface area (Å²) in [6, 6.07) is 0. The van der Waals surface area contributed by atoms with Crippen molar-refractivity contribution in [1.29, 1.82) is 0 Å². The van der Waals surface area contributed by atoms with Crippen LogP contribution in [0.2, 0.25) is 0 Å². The van der Waals surface area contributed by atoms with E-state index in [1.165, 1.54) is 38.5 Å². The van der Waals surface area contributed by atoms with Crippen molar-refractivity contribution in [2.75, 3.05) is 33.2 Å². The van der Waals surface area contributed by atoms with Gasteiger partial charge in [-0.3, -0.25) is 9.89 Å². The number of aliphatic imine (C=N–C) groups is 1. The van der Waals surface area contributed by atoms with Crippen LogP contribution in [0.1, 0.15) is 69.7 Å². The van der Waals surface area contributed by atoms with Crippen LogP contribution < -0.4 is 10.6 Å². The van der Waals surface area contributed by atoms with Gasteiger partial charge in [-0.05, 0) is 76.3 Å². The zero-order valence-electron chi connectivity index (χ0n) is 19.2. The third kappa shape index (κ3) is 6.21. The topological polar surface area (TPSA) is 65.7 Å². The van der Waals surface area contributed by atoms with E-state index in [1.807, 2.05) is 20.9 Å². The number of nitrogens with one attached hydrogen (secondary N) is 2. The van der Waals surface area contributed by atoms with Crippen molar-refractivity contribution in [3.63, 3.8) is 0 Å². The van der Waals surface area contributed by atoms with E-state index >= 15 is 0 Å². The number of likely N-dealkylation sites (tertiary alicyclic amines) is 1. The Morgan fingerprint density at radius 3 is 2.48 bits per heavy atom. The Hall–Kier alpha value is -1.56. The maximum absolute atomic E-state index is 5.74. The normalized spacial score (nSPS) is 20.7. The number of hydrogen-bond acceptors (Lipinski definition) is 4. The van der Waals surface area contributed by atoms with Gasteiger partial charge in [-0.25, -0.2) is 4.98 Å². The summed E-state index contributed by atoms with van der Waals surface area (Å²) in [5.74, 6) is 4.23. The fraction of sp³-hybridized carbons (Fsp3) is 0.826. The molecule has 2 heterocycles. The van der Waals surface area contributed by atoms with Gasteiger partial charge in [0.2, 0.25) is 5.89 Å². The maximum atomic E-state index is 5.74. The molecule has 6 heteroatoms. The first-order chi connectivity index (χ1) is 13.9. The molecule has 29 heavy (non-hydrogen) atoms. The molecule has 1 aliphatic carbocycles. The van der Waals surface area contributed by atoms with Crippen LogP contribution in [0.15, 0.2) is 9.41 Å². The SMILES string of the molecule is CN=C(NCC1CCN(Cc2nc(C)c(C)o2)CC1)NCC1(CC(C)C)CCC1. The molecule has 0 unspecified atom stereocenters. The summed E-state index contributed by atoms with van der Waals surface area (Å²) in [5.41, 5.74) is 1.50. The Morgan fingerprint density at radius 2 is 1.97 bits per heavy atom. The van der Waals surface area contributed by atoms with Crippen molar-refractivity contribution in [1.82, 2.24) is 20.5 Å². The van der Waals surface area contributed by atoms with Crippen LogP contribution in [-0.4, -0.2) is 49.1 Å². The molecule has 164 valence electrons. The molecular formula is C23H41N5O. The molecule has 2 aliphatic rings. The van der Waals surface area contributed by atoms with Crippen molar-refractivity contribution >= 4 is 5.96 Å². The van der Waals surface area contributed by atoms with Crippen LogP contribution >= 0.6 is 0 Å². The Balaban J connectivity index is 1.36. The first-order valence-electron chi connectivity index (χ1n) is 11.5. The summed E-state index contributed by atoms with van der Waals surface area (Å²) in [4.78, 5) is 11.4. The highest BCUT2D eigenvalue weighted by molar-refractivity contribution is 5.79. The summed E-state index contributed by atoms with van der Waals surface area (Å²) >= 11 is 0. The molecule has 0 bridgehead atoms. The number of aryl methyl sites for hydroxylation is 2. The van der Waals surface area contributed by atoms with E-state index in [2.05, 4.69) is 39.4 Å². The van der Waals surface area contributed by atoms with Crippen molar-refractivity contribution < 1.29 is 4.42 Å². The van der Waals surface area contributed by atoms with E-state index in [1.54, 1.807) is 0 Å². The van der Waals surface area contributed by atoms with E-state index in [-0.39, 0.29) is 0 Å². The van der Waals surface area contributed by atoms with Crippen LogP contribution in [0, 0.1) is 31.1 Å². The van der Waals surface area contributed by atoms with Gasteiger partial charge in [0.15, 0.2) is 5.96 Å². The summed E-state index contributed by atoms with van der Waals surface area (Å²) in [6.07, 6.45) is 7.83. The van der Waals surface area contributed by atoms with Crippen LogP contribution in [0.3, 0.4) is 0 Å².